The molecule has 0 spiro atoms. The van der Waals surface area contributed by atoms with E-state index in [1.165, 1.54) is 0 Å². The van der Waals surface area contributed by atoms with E-state index < -0.39 is 0 Å². The van der Waals surface area contributed by atoms with Crippen molar-refractivity contribution in [1.82, 2.24) is 5.32 Å². The molecule has 2 aromatic rings. The lowest BCUT2D eigenvalue weighted by Crippen LogP contribution is -2.12. The van der Waals surface area contributed by atoms with Gasteiger partial charge in [0.2, 0.25) is 0 Å². The van der Waals surface area contributed by atoms with Gasteiger partial charge in [0, 0.05) is 5.39 Å². The van der Waals surface area contributed by atoms with Crippen LogP contribution in [0.4, 0.5) is 0 Å². The maximum Gasteiger partial charge on any atom is 0.148 e. The molecule has 0 saturated carbocycles. The zero-order valence-corrected chi connectivity index (χ0v) is 10.3. The number of nitrogens with one attached hydrogen (secondary N) is 1. The van der Waals surface area contributed by atoms with Crippen LogP contribution >= 0.6 is 15.9 Å². The van der Waals surface area contributed by atoms with Gasteiger partial charge in [0.05, 0.1) is 11.0 Å². The summed E-state index contributed by atoms with van der Waals surface area (Å²) in [5.74, 6) is 0.991. The van der Waals surface area contributed by atoms with Crippen LogP contribution in [-0.4, -0.2) is 6.54 Å². The van der Waals surface area contributed by atoms with E-state index in [1.54, 1.807) is 0 Å². The highest BCUT2D eigenvalue weighted by Gasteiger charge is 2.05. The second kappa shape index (κ2) is 4.81. The SMILES string of the molecule is CCCNCc1cc2cccc(Br)c2o1. The quantitative estimate of drug-likeness (QED) is 0.855. The van der Waals surface area contributed by atoms with E-state index >= 15 is 0 Å². The average molecular weight is 268 g/mol. The Morgan fingerprint density at radius 1 is 1.40 bits per heavy atom. The van der Waals surface area contributed by atoms with Crippen molar-refractivity contribution in [3.8, 4) is 0 Å². The van der Waals surface area contributed by atoms with Gasteiger partial charge in [0.1, 0.15) is 11.3 Å². The lowest BCUT2D eigenvalue weighted by molar-refractivity contribution is 0.512. The molecule has 0 fully saturated rings. The summed E-state index contributed by atoms with van der Waals surface area (Å²) < 4.78 is 6.75. The largest absolute Gasteiger partial charge is 0.459 e. The van der Waals surface area contributed by atoms with E-state index in [2.05, 4.69) is 40.3 Å². The Bertz CT molecular complexity index is 450. The van der Waals surface area contributed by atoms with Crippen LogP contribution in [0.5, 0.6) is 0 Å². The van der Waals surface area contributed by atoms with Crippen LogP contribution in [0, 0.1) is 0 Å². The lowest BCUT2D eigenvalue weighted by atomic mass is 10.2. The van der Waals surface area contributed by atoms with Crippen LogP contribution in [0.1, 0.15) is 19.1 Å². The third-order valence-corrected chi connectivity index (χ3v) is 2.90. The molecule has 0 aliphatic rings. The van der Waals surface area contributed by atoms with E-state index in [4.69, 9.17) is 4.42 Å². The molecule has 1 aromatic carbocycles. The topological polar surface area (TPSA) is 25.2 Å². The van der Waals surface area contributed by atoms with Gasteiger partial charge >= 0.3 is 0 Å². The number of furan rings is 1. The Balaban J connectivity index is 2.20. The summed E-state index contributed by atoms with van der Waals surface area (Å²) in [4.78, 5) is 0. The van der Waals surface area contributed by atoms with E-state index in [9.17, 15) is 0 Å². The summed E-state index contributed by atoms with van der Waals surface area (Å²) in [5, 5.41) is 4.47. The Labute approximate surface area is 97.8 Å². The molecule has 2 rings (SSSR count). The number of benzene rings is 1. The molecular weight excluding hydrogens is 254 g/mol. The molecule has 0 unspecified atom stereocenters. The summed E-state index contributed by atoms with van der Waals surface area (Å²) in [6.45, 7) is 3.98. The number of rotatable bonds is 4. The van der Waals surface area contributed by atoms with Gasteiger partial charge in [-0.3, -0.25) is 0 Å². The van der Waals surface area contributed by atoms with Crippen molar-refractivity contribution in [2.45, 2.75) is 19.9 Å². The first-order chi connectivity index (χ1) is 7.31. The minimum Gasteiger partial charge on any atom is -0.459 e. The fraction of sp³-hybridized carbons (Fsp3) is 0.333. The van der Waals surface area contributed by atoms with Crippen molar-refractivity contribution < 1.29 is 4.42 Å². The van der Waals surface area contributed by atoms with Gasteiger partial charge in [-0.1, -0.05) is 19.1 Å². The summed E-state index contributed by atoms with van der Waals surface area (Å²) in [6, 6.07) is 8.16. The predicted molar refractivity (Wildman–Crippen MR) is 65.9 cm³/mol. The molecule has 15 heavy (non-hydrogen) atoms. The monoisotopic (exact) mass is 267 g/mol. The highest BCUT2D eigenvalue weighted by molar-refractivity contribution is 9.10. The molecular formula is C12H14BrNO. The number of halogens is 1. The first-order valence-electron chi connectivity index (χ1n) is 5.19. The van der Waals surface area contributed by atoms with Crippen LogP contribution in [0.15, 0.2) is 33.2 Å². The highest BCUT2D eigenvalue weighted by Crippen LogP contribution is 2.26. The summed E-state index contributed by atoms with van der Waals surface area (Å²) in [6.07, 6.45) is 1.14. The minimum atomic E-state index is 0.801. The molecule has 2 nitrogen and oxygen atoms in total. The Morgan fingerprint density at radius 3 is 3.00 bits per heavy atom. The zero-order chi connectivity index (χ0) is 10.7. The highest BCUT2D eigenvalue weighted by atomic mass is 79.9. The van der Waals surface area contributed by atoms with Gasteiger partial charge in [-0.2, -0.15) is 0 Å². The smallest absolute Gasteiger partial charge is 0.148 e. The Morgan fingerprint density at radius 2 is 2.27 bits per heavy atom. The van der Waals surface area contributed by atoms with Crippen molar-refractivity contribution in [2.24, 2.45) is 0 Å². The van der Waals surface area contributed by atoms with Crippen LogP contribution in [-0.2, 0) is 6.54 Å². The Kier molecular flexibility index (Phi) is 3.44. The normalized spacial score (nSPS) is 11.1. The van der Waals surface area contributed by atoms with Crippen molar-refractivity contribution in [3.63, 3.8) is 0 Å². The average Bonchev–Trinajstić information content (AvgIpc) is 2.63. The van der Waals surface area contributed by atoms with Gasteiger partial charge < -0.3 is 9.73 Å². The molecule has 0 bridgehead atoms. The molecule has 0 aliphatic carbocycles. The fourth-order valence-corrected chi connectivity index (χ4v) is 2.02. The van der Waals surface area contributed by atoms with Crippen LogP contribution < -0.4 is 5.32 Å². The van der Waals surface area contributed by atoms with Gasteiger partial charge in [0.15, 0.2) is 0 Å². The third kappa shape index (κ3) is 2.41. The minimum absolute atomic E-state index is 0.801. The van der Waals surface area contributed by atoms with E-state index in [0.29, 0.717) is 0 Å². The fourth-order valence-electron chi connectivity index (χ4n) is 1.56. The summed E-state index contributed by atoms with van der Waals surface area (Å²) in [7, 11) is 0. The van der Waals surface area contributed by atoms with Crippen LogP contribution in [0.2, 0.25) is 0 Å². The van der Waals surface area contributed by atoms with Crippen molar-refractivity contribution in [2.75, 3.05) is 6.54 Å². The second-order valence-corrected chi connectivity index (χ2v) is 4.40. The second-order valence-electron chi connectivity index (χ2n) is 3.55. The van der Waals surface area contributed by atoms with Gasteiger partial charge in [-0.25, -0.2) is 0 Å². The van der Waals surface area contributed by atoms with E-state index in [0.717, 1.165) is 40.7 Å². The predicted octanol–water partition coefficient (Wildman–Crippen LogP) is 3.69. The molecule has 0 saturated heterocycles. The third-order valence-electron chi connectivity index (χ3n) is 2.27. The van der Waals surface area contributed by atoms with E-state index in [1.807, 2.05) is 12.1 Å². The van der Waals surface area contributed by atoms with Gasteiger partial charge in [0.25, 0.3) is 0 Å². The number of hydrogen-bond acceptors (Lipinski definition) is 2. The number of para-hydroxylation sites is 1. The maximum absolute atomic E-state index is 5.74. The summed E-state index contributed by atoms with van der Waals surface area (Å²) in [5.41, 5.74) is 0.936. The first kappa shape index (κ1) is 10.7. The first-order valence-corrected chi connectivity index (χ1v) is 5.98. The molecule has 0 atom stereocenters. The summed E-state index contributed by atoms with van der Waals surface area (Å²) >= 11 is 3.48. The maximum atomic E-state index is 5.74. The van der Waals surface area contributed by atoms with Gasteiger partial charge in [-0.15, -0.1) is 0 Å². The zero-order valence-electron chi connectivity index (χ0n) is 8.72. The molecule has 0 aliphatic heterocycles. The van der Waals surface area contributed by atoms with Gasteiger partial charge in [-0.05, 0) is 41.0 Å². The van der Waals surface area contributed by atoms with Crippen molar-refractivity contribution in [1.29, 1.82) is 0 Å². The molecule has 1 heterocycles. The van der Waals surface area contributed by atoms with Crippen molar-refractivity contribution >= 4 is 26.9 Å². The van der Waals surface area contributed by atoms with Crippen LogP contribution in [0.3, 0.4) is 0 Å². The molecule has 0 amide bonds. The van der Waals surface area contributed by atoms with Crippen molar-refractivity contribution in [3.05, 3.63) is 34.5 Å². The molecule has 3 heteroatoms. The number of fused-ring (bicyclic) bond motifs is 1. The Hall–Kier alpha value is -0.800. The molecule has 80 valence electrons. The standard InChI is InChI=1S/C12H14BrNO/c1-2-6-14-8-10-7-9-4-3-5-11(13)12(9)15-10/h3-5,7,14H,2,6,8H2,1H3. The molecule has 1 N–H and O–H groups in total. The van der Waals surface area contributed by atoms with Crippen LogP contribution in [0.25, 0.3) is 11.0 Å². The molecule has 1 aromatic heterocycles. The number of hydrogen-bond donors (Lipinski definition) is 1. The lowest BCUT2D eigenvalue weighted by Gasteiger charge is -1.97. The molecule has 0 radical (unpaired) electrons. The van der Waals surface area contributed by atoms with E-state index in [-0.39, 0.29) is 0 Å².